The fraction of sp³-hybridized carbons (Fsp3) is 0.444. The number of hydrogen-bond acceptors (Lipinski definition) is 3. The highest BCUT2D eigenvalue weighted by atomic mass is 79.9. The van der Waals surface area contributed by atoms with Gasteiger partial charge in [0.2, 0.25) is 5.91 Å². The number of carbonyl (C=O) groups excluding carboxylic acids is 1. The maximum absolute atomic E-state index is 10.7. The molecule has 0 aliphatic rings. The predicted molar refractivity (Wildman–Crippen MR) is 62.3 cm³/mol. The van der Waals surface area contributed by atoms with Crippen LogP contribution in [0.5, 0.6) is 0 Å². The fourth-order valence-corrected chi connectivity index (χ4v) is 2.54. The van der Waals surface area contributed by atoms with Crippen molar-refractivity contribution in [3.63, 3.8) is 0 Å². The molecular weight excluding hydrogens is 264 g/mol. The first-order valence-electron chi connectivity index (χ1n) is 4.28. The van der Waals surface area contributed by atoms with Gasteiger partial charge in [-0.15, -0.1) is 11.3 Å². The third-order valence-corrected chi connectivity index (χ3v) is 4.05. The van der Waals surface area contributed by atoms with Gasteiger partial charge in [-0.3, -0.25) is 4.79 Å². The van der Waals surface area contributed by atoms with Crippen molar-refractivity contribution in [3.05, 3.63) is 20.3 Å². The van der Waals surface area contributed by atoms with Crippen molar-refractivity contribution < 1.29 is 4.79 Å². The highest BCUT2D eigenvalue weighted by molar-refractivity contribution is 9.11. The molecule has 1 amide bonds. The Hall–Kier alpha value is -0.390. The van der Waals surface area contributed by atoms with Crippen LogP contribution in [0, 0.1) is 6.92 Å². The summed E-state index contributed by atoms with van der Waals surface area (Å²) in [6.45, 7) is 4.49. The van der Waals surface area contributed by atoms with Crippen LogP contribution in [-0.2, 0) is 11.3 Å². The van der Waals surface area contributed by atoms with Crippen LogP contribution in [0.25, 0.3) is 0 Å². The SMILES string of the molecule is Cc1cc(CN[C@@H](C)C(N)=O)sc1Br. The number of nitrogens with two attached hydrogens (primary N) is 1. The number of nitrogens with one attached hydrogen (secondary N) is 1. The molecule has 5 heteroatoms. The van der Waals surface area contributed by atoms with Crippen molar-refractivity contribution >= 4 is 33.2 Å². The summed E-state index contributed by atoms with van der Waals surface area (Å²) in [4.78, 5) is 11.9. The summed E-state index contributed by atoms with van der Waals surface area (Å²) >= 11 is 5.12. The van der Waals surface area contributed by atoms with E-state index < -0.39 is 0 Å². The molecule has 0 unspecified atom stereocenters. The molecule has 0 aliphatic carbocycles. The molecule has 3 nitrogen and oxygen atoms in total. The van der Waals surface area contributed by atoms with Crippen molar-refractivity contribution in [2.24, 2.45) is 5.73 Å². The number of amides is 1. The van der Waals surface area contributed by atoms with Gasteiger partial charge in [0.25, 0.3) is 0 Å². The van der Waals surface area contributed by atoms with Gasteiger partial charge in [0.15, 0.2) is 0 Å². The molecule has 78 valence electrons. The van der Waals surface area contributed by atoms with E-state index >= 15 is 0 Å². The third-order valence-electron chi connectivity index (χ3n) is 1.92. The monoisotopic (exact) mass is 276 g/mol. The maximum atomic E-state index is 10.7. The Balaban J connectivity index is 2.50. The zero-order chi connectivity index (χ0) is 10.7. The van der Waals surface area contributed by atoms with Gasteiger partial charge < -0.3 is 11.1 Å². The predicted octanol–water partition coefficient (Wildman–Crippen LogP) is 1.78. The summed E-state index contributed by atoms with van der Waals surface area (Å²) in [7, 11) is 0. The molecule has 0 aliphatic heterocycles. The lowest BCUT2D eigenvalue weighted by molar-refractivity contribution is -0.119. The first-order valence-corrected chi connectivity index (χ1v) is 5.89. The van der Waals surface area contributed by atoms with Crippen LogP contribution >= 0.6 is 27.3 Å². The summed E-state index contributed by atoms with van der Waals surface area (Å²) in [6.07, 6.45) is 0. The Morgan fingerprint density at radius 3 is 2.86 bits per heavy atom. The van der Waals surface area contributed by atoms with Crippen LogP contribution in [0.3, 0.4) is 0 Å². The summed E-state index contributed by atoms with van der Waals surface area (Å²) in [6, 6.07) is 1.81. The average Bonchev–Trinajstić information content (AvgIpc) is 2.42. The minimum atomic E-state index is -0.322. The zero-order valence-electron chi connectivity index (χ0n) is 8.13. The van der Waals surface area contributed by atoms with Crippen molar-refractivity contribution in [2.75, 3.05) is 0 Å². The van der Waals surface area contributed by atoms with E-state index in [0.29, 0.717) is 6.54 Å². The lowest BCUT2D eigenvalue weighted by Gasteiger charge is -2.07. The number of rotatable bonds is 4. The highest BCUT2D eigenvalue weighted by Crippen LogP contribution is 2.27. The van der Waals surface area contributed by atoms with Crippen LogP contribution in [0.15, 0.2) is 9.85 Å². The standard InChI is InChI=1S/C9H13BrN2OS/c1-5-3-7(14-8(5)10)4-12-6(2)9(11)13/h3,6,12H,4H2,1-2H3,(H2,11,13)/t6-/m0/s1. The molecule has 0 fully saturated rings. The van der Waals surface area contributed by atoms with Gasteiger partial charge in [-0.05, 0) is 41.4 Å². The number of aryl methyl sites for hydroxylation is 1. The van der Waals surface area contributed by atoms with E-state index in [-0.39, 0.29) is 11.9 Å². The molecule has 0 saturated heterocycles. The lowest BCUT2D eigenvalue weighted by Crippen LogP contribution is -2.38. The minimum Gasteiger partial charge on any atom is -0.368 e. The van der Waals surface area contributed by atoms with E-state index in [2.05, 4.69) is 27.3 Å². The zero-order valence-corrected chi connectivity index (χ0v) is 10.5. The molecule has 14 heavy (non-hydrogen) atoms. The van der Waals surface area contributed by atoms with E-state index in [4.69, 9.17) is 5.73 Å². The van der Waals surface area contributed by atoms with Crippen LogP contribution in [0.4, 0.5) is 0 Å². The van der Waals surface area contributed by atoms with Gasteiger partial charge in [0, 0.05) is 11.4 Å². The Morgan fingerprint density at radius 2 is 2.43 bits per heavy atom. The van der Waals surface area contributed by atoms with Crippen molar-refractivity contribution in [2.45, 2.75) is 26.4 Å². The van der Waals surface area contributed by atoms with Crippen molar-refractivity contribution in [1.82, 2.24) is 5.32 Å². The smallest absolute Gasteiger partial charge is 0.234 e. The minimum absolute atomic E-state index is 0.281. The Morgan fingerprint density at radius 1 is 1.79 bits per heavy atom. The lowest BCUT2D eigenvalue weighted by atomic mass is 10.3. The second-order valence-electron chi connectivity index (χ2n) is 3.17. The molecule has 0 radical (unpaired) electrons. The number of primary amides is 1. The third kappa shape index (κ3) is 3.08. The summed E-state index contributed by atoms with van der Waals surface area (Å²) in [5.74, 6) is -0.322. The van der Waals surface area contributed by atoms with Gasteiger partial charge in [0.1, 0.15) is 0 Å². The number of carbonyl (C=O) groups is 1. The Bertz CT molecular complexity index is 318. The quantitative estimate of drug-likeness (QED) is 0.881. The molecule has 0 bridgehead atoms. The molecule has 0 saturated carbocycles. The molecule has 1 aromatic rings. The normalized spacial score (nSPS) is 12.8. The molecular formula is C9H13BrN2OS. The molecule has 0 aromatic carbocycles. The van der Waals surface area contributed by atoms with Gasteiger partial charge in [0.05, 0.1) is 9.83 Å². The summed E-state index contributed by atoms with van der Waals surface area (Å²) < 4.78 is 1.14. The van der Waals surface area contributed by atoms with Gasteiger partial charge >= 0.3 is 0 Å². The Kier molecular flexibility index (Phi) is 4.10. The number of hydrogen-bond donors (Lipinski definition) is 2. The topological polar surface area (TPSA) is 55.1 Å². The number of halogens is 1. The first-order chi connectivity index (χ1) is 6.50. The van der Waals surface area contributed by atoms with E-state index in [1.807, 2.05) is 6.92 Å². The number of thiophene rings is 1. The molecule has 1 aromatic heterocycles. The molecule has 0 spiro atoms. The van der Waals surface area contributed by atoms with Crippen LogP contribution in [-0.4, -0.2) is 11.9 Å². The maximum Gasteiger partial charge on any atom is 0.234 e. The molecule has 1 rings (SSSR count). The second kappa shape index (κ2) is 4.91. The molecule has 1 heterocycles. The van der Waals surface area contributed by atoms with E-state index in [1.54, 1.807) is 18.3 Å². The van der Waals surface area contributed by atoms with Crippen LogP contribution in [0.1, 0.15) is 17.4 Å². The van der Waals surface area contributed by atoms with Crippen molar-refractivity contribution in [3.8, 4) is 0 Å². The van der Waals surface area contributed by atoms with Crippen molar-refractivity contribution in [1.29, 1.82) is 0 Å². The van der Waals surface area contributed by atoms with Crippen LogP contribution < -0.4 is 11.1 Å². The van der Waals surface area contributed by atoms with Gasteiger partial charge in [-0.25, -0.2) is 0 Å². The van der Waals surface area contributed by atoms with Gasteiger partial charge in [-0.2, -0.15) is 0 Å². The second-order valence-corrected chi connectivity index (χ2v) is 5.63. The van der Waals surface area contributed by atoms with Crippen LogP contribution in [0.2, 0.25) is 0 Å². The molecule has 1 atom stereocenters. The Labute approximate surface area is 95.8 Å². The first kappa shape index (κ1) is 11.7. The van der Waals surface area contributed by atoms with E-state index in [0.717, 1.165) is 3.79 Å². The highest BCUT2D eigenvalue weighted by Gasteiger charge is 2.08. The van der Waals surface area contributed by atoms with E-state index in [1.165, 1.54) is 10.4 Å². The fourth-order valence-electron chi connectivity index (χ4n) is 0.965. The van der Waals surface area contributed by atoms with E-state index in [9.17, 15) is 4.79 Å². The average molecular weight is 277 g/mol. The summed E-state index contributed by atoms with van der Waals surface area (Å²) in [5, 5.41) is 3.05. The molecule has 3 N–H and O–H groups in total. The largest absolute Gasteiger partial charge is 0.368 e. The van der Waals surface area contributed by atoms with Gasteiger partial charge in [-0.1, -0.05) is 0 Å². The summed E-state index contributed by atoms with van der Waals surface area (Å²) in [5.41, 5.74) is 6.35.